The maximum absolute atomic E-state index is 11.7. The Morgan fingerprint density at radius 3 is 2.94 bits per heavy atom. The number of carbonyl (C=O) groups is 1. The normalized spacial score (nSPS) is 26.7. The largest absolute Gasteiger partial charge is 0.465 e. The number of nitrogens with one attached hydrogen (secondary N) is 1. The summed E-state index contributed by atoms with van der Waals surface area (Å²) in [5, 5.41) is 3.35. The van der Waals surface area contributed by atoms with Crippen molar-refractivity contribution < 1.29 is 14.3 Å². The van der Waals surface area contributed by atoms with E-state index in [1.165, 1.54) is 0 Å². The van der Waals surface area contributed by atoms with Crippen LogP contribution in [0.3, 0.4) is 0 Å². The molecule has 5 heteroatoms. The van der Waals surface area contributed by atoms with Crippen LogP contribution >= 0.6 is 11.8 Å². The van der Waals surface area contributed by atoms with Gasteiger partial charge in [-0.3, -0.25) is 4.79 Å². The monoisotopic (exact) mass is 259 g/mol. The maximum Gasteiger partial charge on any atom is 0.307 e. The molecule has 4 nitrogen and oxygen atoms in total. The van der Waals surface area contributed by atoms with Crippen LogP contribution in [0, 0.1) is 5.92 Å². The highest BCUT2D eigenvalue weighted by Crippen LogP contribution is 2.16. The summed E-state index contributed by atoms with van der Waals surface area (Å²) in [5.41, 5.74) is 0. The molecule has 0 aromatic rings. The summed E-state index contributed by atoms with van der Waals surface area (Å²) >= 11 is 1.90. The van der Waals surface area contributed by atoms with Crippen molar-refractivity contribution in [1.82, 2.24) is 5.32 Å². The lowest BCUT2D eigenvalue weighted by Crippen LogP contribution is -2.39. The van der Waals surface area contributed by atoms with Crippen molar-refractivity contribution in [3.63, 3.8) is 0 Å². The van der Waals surface area contributed by atoms with Crippen molar-refractivity contribution in [3.05, 3.63) is 0 Å². The topological polar surface area (TPSA) is 47.6 Å². The molecule has 98 valence electrons. The summed E-state index contributed by atoms with van der Waals surface area (Å²) < 4.78 is 10.6. The van der Waals surface area contributed by atoms with Crippen molar-refractivity contribution in [2.24, 2.45) is 5.92 Å². The lowest BCUT2D eigenvalue weighted by molar-refractivity contribution is -0.146. The average molecular weight is 259 g/mol. The fourth-order valence-electron chi connectivity index (χ4n) is 2.13. The number of ether oxygens (including phenoxy) is 2. The number of rotatable bonds is 4. The Bertz CT molecular complexity index is 238. The molecule has 0 bridgehead atoms. The molecular weight excluding hydrogens is 238 g/mol. The smallest absolute Gasteiger partial charge is 0.307 e. The van der Waals surface area contributed by atoms with Crippen LogP contribution in [-0.4, -0.2) is 49.9 Å². The highest BCUT2D eigenvalue weighted by atomic mass is 32.2. The van der Waals surface area contributed by atoms with Gasteiger partial charge in [0, 0.05) is 37.3 Å². The Balaban J connectivity index is 1.59. The van der Waals surface area contributed by atoms with E-state index in [2.05, 4.69) is 5.32 Å². The maximum atomic E-state index is 11.7. The quantitative estimate of drug-likeness (QED) is 0.765. The van der Waals surface area contributed by atoms with Crippen LogP contribution in [0.2, 0.25) is 0 Å². The van der Waals surface area contributed by atoms with E-state index in [1.54, 1.807) is 0 Å². The number of hydrogen-bond donors (Lipinski definition) is 1. The van der Waals surface area contributed by atoms with Gasteiger partial charge in [-0.1, -0.05) is 0 Å². The molecule has 0 aromatic carbocycles. The first-order chi connectivity index (χ1) is 8.34. The van der Waals surface area contributed by atoms with Crippen LogP contribution in [0.15, 0.2) is 0 Å². The lowest BCUT2D eigenvalue weighted by atomic mass is 10.0. The predicted octanol–water partition coefficient (Wildman–Crippen LogP) is 1.05. The second kappa shape index (κ2) is 7.24. The molecule has 1 atom stereocenters. The van der Waals surface area contributed by atoms with Gasteiger partial charge in [0.05, 0.1) is 13.0 Å². The predicted molar refractivity (Wildman–Crippen MR) is 68.2 cm³/mol. The molecule has 0 aromatic heterocycles. The third kappa shape index (κ3) is 4.85. The summed E-state index contributed by atoms with van der Waals surface area (Å²) in [5.74, 6) is 2.61. The van der Waals surface area contributed by atoms with E-state index >= 15 is 0 Å². The Morgan fingerprint density at radius 1 is 1.41 bits per heavy atom. The number of hydrogen-bond acceptors (Lipinski definition) is 5. The van der Waals surface area contributed by atoms with Gasteiger partial charge < -0.3 is 14.8 Å². The first-order valence-electron chi connectivity index (χ1n) is 6.39. The number of esters is 1. The zero-order chi connectivity index (χ0) is 11.9. The third-order valence-electron chi connectivity index (χ3n) is 3.23. The molecule has 2 aliphatic rings. The van der Waals surface area contributed by atoms with Gasteiger partial charge in [-0.2, -0.15) is 11.8 Å². The zero-order valence-electron chi connectivity index (χ0n) is 10.2. The van der Waals surface area contributed by atoms with E-state index in [0.717, 1.165) is 44.1 Å². The van der Waals surface area contributed by atoms with Gasteiger partial charge >= 0.3 is 5.97 Å². The Hall–Kier alpha value is -0.260. The fraction of sp³-hybridized carbons (Fsp3) is 0.917. The molecule has 2 fully saturated rings. The van der Waals surface area contributed by atoms with Crippen LogP contribution in [0.25, 0.3) is 0 Å². The summed E-state index contributed by atoms with van der Waals surface area (Å²) in [6.07, 6.45) is 2.55. The van der Waals surface area contributed by atoms with Gasteiger partial charge in [0.2, 0.25) is 0 Å². The van der Waals surface area contributed by atoms with Crippen molar-refractivity contribution >= 4 is 17.7 Å². The van der Waals surface area contributed by atoms with Crippen molar-refractivity contribution in [2.75, 3.05) is 37.9 Å². The van der Waals surface area contributed by atoms with Crippen LogP contribution < -0.4 is 5.32 Å². The van der Waals surface area contributed by atoms with E-state index in [1.807, 2.05) is 11.8 Å². The molecule has 2 aliphatic heterocycles. The molecule has 2 rings (SSSR count). The molecule has 0 radical (unpaired) electrons. The van der Waals surface area contributed by atoms with E-state index in [4.69, 9.17) is 9.47 Å². The van der Waals surface area contributed by atoms with Gasteiger partial charge in [-0.15, -0.1) is 0 Å². The summed E-state index contributed by atoms with van der Waals surface area (Å²) in [6.45, 7) is 3.19. The lowest BCUT2D eigenvalue weighted by Gasteiger charge is -2.24. The molecular formula is C12H21NO3S. The summed E-state index contributed by atoms with van der Waals surface area (Å²) in [4.78, 5) is 11.7. The Labute approximate surface area is 107 Å². The molecule has 2 saturated heterocycles. The minimum Gasteiger partial charge on any atom is -0.465 e. The molecule has 0 spiro atoms. The second-order valence-corrected chi connectivity index (χ2v) is 5.82. The molecule has 2 heterocycles. The van der Waals surface area contributed by atoms with Gasteiger partial charge in [0.1, 0.15) is 0 Å². The Morgan fingerprint density at radius 2 is 2.24 bits per heavy atom. The van der Waals surface area contributed by atoms with Gasteiger partial charge in [0.25, 0.3) is 0 Å². The number of carbonyl (C=O) groups excluding carboxylic acids is 1. The molecule has 0 aliphatic carbocycles. The molecule has 0 saturated carbocycles. The standard InChI is InChI=1S/C12H21NO3S/c14-12(7-11-9-17-6-3-13-11)16-8-10-1-4-15-5-2-10/h10-11,13H,1-9H2. The summed E-state index contributed by atoms with van der Waals surface area (Å²) in [7, 11) is 0. The molecule has 0 amide bonds. The highest BCUT2D eigenvalue weighted by molar-refractivity contribution is 7.99. The van der Waals surface area contributed by atoms with E-state index in [9.17, 15) is 4.79 Å². The zero-order valence-corrected chi connectivity index (χ0v) is 11.0. The first-order valence-corrected chi connectivity index (χ1v) is 7.54. The van der Waals surface area contributed by atoms with Crippen molar-refractivity contribution in [2.45, 2.75) is 25.3 Å². The van der Waals surface area contributed by atoms with Crippen LogP contribution in [0.4, 0.5) is 0 Å². The number of thioether (sulfide) groups is 1. The van der Waals surface area contributed by atoms with Crippen LogP contribution in [-0.2, 0) is 14.3 Å². The van der Waals surface area contributed by atoms with Gasteiger partial charge in [0.15, 0.2) is 0 Å². The molecule has 17 heavy (non-hydrogen) atoms. The second-order valence-electron chi connectivity index (χ2n) is 4.67. The van der Waals surface area contributed by atoms with Gasteiger partial charge in [-0.25, -0.2) is 0 Å². The average Bonchev–Trinajstić information content (AvgIpc) is 2.39. The SMILES string of the molecule is O=C(CC1CSCCN1)OCC1CCOCC1. The molecule has 1 unspecified atom stereocenters. The Kier molecular flexibility index (Phi) is 5.61. The first kappa shape index (κ1) is 13.2. The minimum absolute atomic E-state index is 0.0588. The fourth-order valence-corrected chi connectivity index (χ4v) is 3.08. The van der Waals surface area contributed by atoms with E-state index in [-0.39, 0.29) is 5.97 Å². The van der Waals surface area contributed by atoms with Crippen LogP contribution in [0.5, 0.6) is 0 Å². The van der Waals surface area contributed by atoms with E-state index in [0.29, 0.717) is 25.0 Å². The summed E-state index contributed by atoms with van der Waals surface area (Å²) in [6, 6.07) is 0.302. The van der Waals surface area contributed by atoms with E-state index < -0.39 is 0 Å². The van der Waals surface area contributed by atoms with Crippen molar-refractivity contribution in [1.29, 1.82) is 0 Å². The minimum atomic E-state index is -0.0588. The van der Waals surface area contributed by atoms with Crippen molar-refractivity contribution in [3.8, 4) is 0 Å². The highest BCUT2D eigenvalue weighted by Gasteiger charge is 2.19. The van der Waals surface area contributed by atoms with Gasteiger partial charge in [-0.05, 0) is 18.8 Å². The third-order valence-corrected chi connectivity index (χ3v) is 4.36. The molecule has 1 N–H and O–H groups in total. The van der Waals surface area contributed by atoms with Crippen LogP contribution in [0.1, 0.15) is 19.3 Å².